The molecule has 0 radical (unpaired) electrons. The largest absolute Gasteiger partial charge is 0.493 e. The summed E-state index contributed by atoms with van der Waals surface area (Å²) in [6.07, 6.45) is 12.2. The average Bonchev–Trinajstić information content (AvgIpc) is 3.98. The molecule has 0 aliphatic carbocycles. The highest BCUT2D eigenvalue weighted by atomic mass is 32.1. The summed E-state index contributed by atoms with van der Waals surface area (Å²) >= 11 is 3.40. The summed E-state index contributed by atoms with van der Waals surface area (Å²) in [6.45, 7) is 1.45. The van der Waals surface area contributed by atoms with Gasteiger partial charge in [-0.3, -0.25) is 9.97 Å². The fourth-order valence-electron chi connectivity index (χ4n) is 7.27. The molecule has 0 saturated heterocycles. The Morgan fingerprint density at radius 3 is 1.52 bits per heavy atom. The zero-order valence-corrected chi connectivity index (χ0v) is 32.0. The van der Waals surface area contributed by atoms with E-state index in [0.29, 0.717) is 23.0 Å². The molecule has 276 valence electrons. The van der Waals surface area contributed by atoms with Crippen molar-refractivity contribution < 1.29 is 28.5 Å². The van der Waals surface area contributed by atoms with E-state index in [0.717, 1.165) is 74.4 Å². The predicted octanol–water partition coefficient (Wildman–Crippen LogP) is 10.2. The lowest BCUT2D eigenvalue weighted by Crippen LogP contribution is -2.15. The van der Waals surface area contributed by atoms with Gasteiger partial charge in [0.15, 0.2) is 0 Å². The van der Waals surface area contributed by atoms with Crippen molar-refractivity contribution in [2.24, 2.45) is 0 Å². The van der Waals surface area contributed by atoms with Crippen molar-refractivity contribution in [3.05, 3.63) is 140 Å². The van der Waals surface area contributed by atoms with Crippen LogP contribution in [0.25, 0.3) is 22.3 Å². The molecule has 0 spiro atoms. The molecule has 2 aromatic carbocycles. The van der Waals surface area contributed by atoms with Crippen molar-refractivity contribution in [3.63, 3.8) is 0 Å². The van der Waals surface area contributed by atoms with Crippen molar-refractivity contribution in [2.75, 3.05) is 27.4 Å². The number of carbonyl (C=O) groups excluding carboxylic acids is 2. The first-order chi connectivity index (χ1) is 26.5. The number of carbonyl (C=O) groups is 2. The van der Waals surface area contributed by atoms with Gasteiger partial charge in [0.25, 0.3) is 0 Å². The number of fused-ring (bicyclic) bond motifs is 2. The Kier molecular flexibility index (Phi) is 12.1. The van der Waals surface area contributed by atoms with Crippen LogP contribution in [-0.2, 0) is 22.3 Å². The maximum Gasteiger partial charge on any atom is 0.338 e. The van der Waals surface area contributed by atoms with Crippen LogP contribution in [0.3, 0.4) is 0 Å². The van der Waals surface area contributed by atoms with Crippen LogP contribution in [-0.4, -0.2) is 49.3 Å². The van der Waals surface area contributed by atoms with Gasteiger partial charge in [-0.25, -0.2) is 9.59 Å². The van der Waals surface area contributed by atoms with Gasteiger partial charge in [0.1, 0.15) is 11.5 Å². The molecule has 0 N–H and O–H groups in total. The van der Waals surface area contributed by atoms with Crippen LogP contribution in [0.15, 0.2) is 107 Å². The van der Waals surface area contributed by atoms with Crippen LogP contribution >= 0.6 is 22.7 Å². The number of hydrogen-bond acceptors (Lipinski definition) is 10. The number of ether oxygens (including phenoxy) is 4. The van der Waals surface area contributed by atoms with Gasteiger partial charge in [-0.15, -0.1) is 0 Å². The number of aryl methyl sites for hydroxylation is 2. The second kappa shape index (κ2) is 17.7. The molecule has 0 amide bonds. The van der Waals surface area contributed by atoms with Gasteiger partial charge in [0.2, 0.25) is 0 Å². The number of benzene rings is 2. The summed E-state index contributed by atoms with van der Waals surface area (Å²) in [7, 11) is 2.82. The van der Waals surface area contributed by atoms with Gasteiger partial charge in [-0.05, 0) is 153 Å². The van der Waals surface area contributed by atoms with Gasteiger partial charge >= 0.3 is 11.9 Å². The van der Waals surface area contributed by atoms with Crippen LogP contribution < -0.4 is 9.47 Å². The van der Waals surface area contributed by atoms with Crippen LogP contribution in [0, 0.1) is 0 Å². The quantitative estimate of drug-likeness (QED) is 0.127. The minimum atomic E-state index is -0.305. The molecule has 2 aliphatic heterocycles. The fourth-order valence-corrected chi connectivity index (χ4v) is 8.60. The summed E-state index contributed by atoms with van der Waals surface area (Å²) in [6, 6.07) is 20.7. The van der Waals surface area contributed by atoms with E-state index in [1.807, 2.05) is 0 Å². The minimum absolute atomic E-state index is 0.305. The van der Waals surface area contributed by atoms with E-state index in [-0.39, 0.29) is 11.9 Å². The number of rotatable bonds is 10. The van der Waals surface area contributed by atoms with Crippen LogP contribution in [0.1, 0.15) is 80.5 Å². The van der Waals surface area contributed by atoms with Gasteiger partial charge < -0.3 is 18.9 Å². The second-order valence-corrected chi connectivity index (χ2v) is 14.9. The van der Waals surface area contributed by atoms with E-state index < -0.39 is 0 Å². The molecule has 8 nitrogen and oxygen atoms in total. The van der Waals surface area contributed by atoms with Crippen LogP contribution in [0.2, 0.25) is 0 Å². The van der Waals surface area contributed by atoms with Crippen molar-refractivity contribution in [1.29, 1.82) is 0 Å². The molecular weight excluding hydrogens is 717 g/mol. The summed E-state index contributed by atoms with van der Waals surface area (Å²) in [4.78, 5) is 32.3. The first kappa shape index (κ1) is 37.0. The van der Waals surface area contributed by atoms with Crippen LogP contribution in [0.4, 0.5) is 0 Å². The number of esters is 2. The third-order valence-electron chi connectivity index (χ3n) is 10.2. The fraction of sp³-hybridized carbons (Fsp3) is 0.273. The highest BCUT2D eigenvalue weighted by Gasteiger charge is 2.24. The molecule has 6 aromatic rings. The molecule has 0 bridgehead atoms. The lowest BCUT2D eigenvalue weighted by molar-refractivity contribution is 0.0590. The number of aromatic nitrogens is 2. The maximum atomic E-state index is 12.0. The topological polar surface area (TPSA) is 96.8 Å². The van der Waals surface area contributed by atoms with Gasteiger partial charge in [0, 0.05) is 24.8 Å². The zero-order chi connectivity index (χ0) is 37.3. The summed E-state index contributed by atoms with van der Waals surface area (Å²) in [5.41, 5.74) is 10.4. The van der Waals surface area contributed by atoms with E-state index in [2.05, 4.69) is 80.0 Å². The summed E-state index contributed by atoms with van der Waals surface area (Å²) < 4.78 is 21.7. The van der Waals surface area contributed by atoms with E-state index in [4.69, 9.17) is 18.9 Å². The molecule has 1 unspecified atom stereocenters. The molecule has 0 saturated carbocycles. The Hall–Kier alpha value is -5.32. The van der Waals surface area contributed by atoms with Crippen molar-refractivity contribution >= 4 is 34.6 Å². The number of hydrogen-bond donors (Lipinski definition) is 0. The number of nitrogens with zero attached hydrogens (tertiary/aromatic N) is 2. The van der Waals surface area contributed by atoms with Gasteiger partial charge in [-0.2, -0.15) is 22.7 Å². The average molecular weight is 759 g/mol. The van der Waals surface area contributed by atoms with Crippen molar-refractivity contribution in [1.82, 2.24) is 9.97 Å². The van der Waals surface area contributed by atoms with Crippen molar-refractivity contribution in [3.8, 4) is 33.8 Å². The summed E-state index contributed by atoms with van der Waals surface area (Å²) in [5, 5.41) is 8.48. The number of methoxy groups -OCH3 is 2. The zero-order valence-electron chi connectivity index (χ0n) is 30.4. The van der Waals surface area contributed by atoms with E-state index >= 15 is 0 Å². The monoisotopic (exact) mass is 758 g/mol. The predicted molar refractivity (Wildman–Crippen MR) is 213 cm³/mol. The first-order valence-electron chi connectivity index (χ1n) is 18.1. The number of pyridine rings is 2. The third kappa shape index (κ3) is 8.56. The molecule has 54 heavy (non-hydrogen) atoms. The molecule has 6 heterocycles. The molecule has 8 rings (SSSR count). The van der Waals surface area contributed by atoms with Crippen LogP contribution in [0.5, 0.6) is 11.5 Å². The molecule has 0 fully saturated rings. The Labute approximate surface area is 323 Å². The molecule has 2 atom stereocenters. The SMILES string of the molecule is COC(=O)c1ccncc1CCC1CCOc2cc(-c3ccsc3)ccc21.COC(=O)c1ccncc1CC[C@H]1CCOc2cc(-c3ccsc3)ccc21. The standard InChI is InChI=1S/2C22H21NO3S/c2*1-25-22(24)20-6-9-23-13-17(20)3-2-15-7-10-26-21-12-16(4-5-19(15)21)18-8-11-27-14-18/h2*4-6,8-9,11-15H,2-3,7,10H2,1H3/t15-;/m0./s1. The summed E-state index contributed by atoms with van der Waals surface area (Å²) in [5.74, 6) is 2.18. The Morgan fingerprint density at radius 2 is 1.11 bits per heavy atom. The first-order valence-corrected chi connectivity index (χ1v) is 20.0. The normalized spacial score (nSPS) is 15.7. The number of thiophene rings is 2. The molecule has 4 aromatic heterocycles. The molecule has 2 aliphatic rings. The van der Waals surface area contributed by atoms with Gasteiger partial charge in [-0.1, -0.05) is 24.3 Å². The highest BCUT2D eigenvalue weighted by Crippen LogP contribution is 2.41. The van der Waals surface area contributed by atoms with E-state index in [9.17, 15) is 9.59 Å². The van der Waals surface area contributed by atoms with Crippen molar-refractivity contribution in [2.45, 2.75) is 50.4 Å². The highest BCUT2D eigenvalue weighted by molar-refractivity contribution is 7.08. The van der Waals surface area contributed by atoms with E-state index in [1.54, 1.807) is 59.6 Å². The smallest absolute Gasteiger partial charge is 0.338 e. The Balaban J connectivity index is 0.000000167. The Morgan fingerprint density at radius 1 is 0.648 bits per heavy atom. The third-order valence-corrected chi connectivity index (χ3v) is 11.6. The minimum Gasteiger partial charge on any atom is -0.493 e. The maximum absolute atomic E-state index is 12.0. The second-order valence-electron chi connectivity index (χ2n) is 13.3. The Bertz CT molecular complexity index is 2030. The molecular formula is C44H42N2O6S2. The lowest BCUT2D eigenvalue weighted by atomic mass is 9.86. The van der Waals surface area contributed by atoms with E-state index in [1.165, 1.54) is 47.6 Å². The van der Waals surface area contributed by atoms with Gasteiger partial charge in [0.05, 0.1) is 38.6 Å². The molecule has 10 heteroatoms. The lowest BCUT2D eigenvalue weighted by Gasteiger charge is -2.26.